The molecule has 0 aromatic carbocycles. The highest BCUT2D eigenvalue weighted by Crippen LogP contribution is 2.22. The van der Waals surface area contributed by atoms with E-state index in [1.165, 1.54) is 109 Å². The van der Waals surface area contributed by atoms with Gasteiger partial charge in [-0.05, 0) is 36.1 Å². The van der Waals surface area contributed by atoms with Crippen molar-refractivity contribution in [3.8, 4) is 0 Å². The second-order valence-electron chi connectivity index (χ2n) is 9.44. The zero-order chi connectivity index (χ0) is 18.9. The predicted molar refractivity (Wildman–Crippen MR) is 121 cm³/mol. The summed E-state index contributed by atoms with van der Waals surface area (Å²) in [6.07, 6.45) is 24.5. The number of hydrogen-bond acceptors (Lipinski definition) is 1. The highest BCUT2D eigenvalue weighted by molar-refractivity contribution is 7.09. The standard InChI is InChI=1S/C25H46S/c1-25(2,3)22-18-16-14-12-10-8-6-4-5-7-9-11-13-15-17-20-24-21-19-23-26-24/h19,21,23H,4-18,20,22H2,1-3H3. The molecule has 0 aliphatic heterocycles. The Morgan fingerprint density at radius 2 is 1.04 bits per heavy atom. The van der Waals surface area contributed by atoms with Crippen LogP contribution in [0.3, 0.4) is 0 Å². The molecule has 0 nitrogen and oxygen atoms in total. The molecule has 0 amide bonds. The molecule has 0 spiro atoms. The van der Waals surface area contributed by atoms with Crippen molar-refractivity contribution in [2.24, 2.45) is 5.41 Å². The zero-order valence-corrected chi connectivity index (χ0v) is 19.0. The molecule has 0 saturated carbocycles. The van der Waals surface area contributed by atoms with Gasteiger partial charge in [0.05, 0.1) is 0 Å². The summed E-state index contributed by atoms with van der Waals surface area (Å²) in [5.41, 5.74) is 0.532. The summed E-state index contributed by atoms with van der Waals surface area (Å²) in [7, 11) is 0. The first-order chi connectivity index (χ1) is 12.6. The molecule has 0 radical (unpaired) electrons. The van der Waals surface area contributed by atoms with Crippen LogP contribution in [-0.4, -0.2) is 0 Å². The second-order valence-corrected chi connectivity index (χ2v) is 10.5. The fourth-order valence-electron chi connectivity index (χ4n) is 3.71. The van der Waals surface area contributed by atoms with Gasteiger partial charge in [0, 0.05) is 4.88 Å². The second kappa shape index (κ2) is 15.7. The number of hydrogen-bond donors (Lipinski definition) is 0. The van der Waals surface area contributed by atoms with Crippen LogP contribution in [-0.2, 0) is 6.42 Å². The van der Waals surface area contributed by atoms with Gasteiger partial charge in [0.15, 0.2) is 0 Å². The van der Waals surface area contributed by atoms with E-state index < -0.39 is 0 Å². The topological polar surface area (TPSA) is 0 Å². The van der Waals surface area contributed by atoms with Gasteiger partial charge in [0.2, 0.25) is 0 Å². The van der Waals surface area contributed by atoms with E-state index in [1.807, 2.05) is 11.3 Å². The average Bonchev–Trinajstić information content (AvgIpc) is 3.10. The van der Waals surface area contributed by atoms with E-state index in [2.05, 4.69) is 38.3 Å². The van der Waals surface area contributed by atoms with E-state index in [0.29, 0.717) is 5.41 Å². The fraction of sp³-hybridized carbons (Fsp3) is 0.840. The normalized spacial score (nSPS) is 12.0. The Morgan fingerprint density at radius 1 is 0.615 bits per heavy atom. The summed E-state index contributed by atoms with van der Waals surface area (Å²) in [5, 5.41) is 2.20. The lowest BCUT2D eigenvalue weighted by atomic mass is 9.89. The predicted octanol–water partition coefficient (Wildman–Crippen LogP) is 9.58. The molecule has 152 valence electrons. The third-order valence-electron chi connectivity index (χ3n) is 5.43. The van der Waals surface area contributed by atoms with Crippen LogP contribution in [0.2, 0.25) is 0 Å². The van der Waals surface area contributed by atoms with Gasteiger partial charge in [-0.15, -0.1) is 11.3 Å². The smallest absolute Gasteiger partial charge is 0.00452 e. The van der Waals surface area contributed by atoms with Crippen LogP contribution in [0.15, 0.2) is 17.5 Å². The number of thiophene rings is 1. The molecule has 1 heterocycles. The van der Waals surface area contributed by atoms with Gasteiger partial charge in [0.1, 0.15) is 0 Å². The highest BCUT2D eigenvalue weighted by atomic mass is 32.1. The van der Waals surface area contributed by atoms with Gasteiger partial charge in [-0.25, -0.2) is 0 Å². The average molecular weight is 379 g/mol. The molecule has 0 bridgehead atoms. The molecular formula is C25H46S. The maximum Gasteiger partial charge on any atom is 0.00452 e. The maximum atomic E-state index is 2.36. The van der Waals surface area contributed by atoms with Crippen molar-refractivity contribution < 1.29 is 0 Å². The quantitative estimate of drug-likeness (QED) is 0.237. The van der Waals surface area contributed by atoms with Crippen molar-refractivity contribution in [2.75, 3.05) is 0 Å². The van der Waals surface area contributed by atoms with Gasteiger partial charge < -0.3 is 0 Å². The third kappa shape index (κ3) is 15.9. The Labute approximate surface area is 169 Å². The Hall–Kier alpha value is -0.300. The van der Waals surface area contributed by atoms with Gasteiger partial charge >= 0.3 is 0 Å². The molecule has 1 aromatic heterocycles. The molecule has 0 saturated heterocycles. The summed E-state index contributed by atoms with van der Waals surface area (Å²) in [6, 6.07) is 4.45. The van der Waals surface area contributed by atoms with Crippen LogP contribution in [0, 0.1) is 5.41 Å². The van der Waals surface area contributed by atoms with E-state index >= 15 is 0 Å². The minimum absolute atomic E-state index is 0.532. The van der Waals surface area contributed by atoms with Crippen LogP contribution in [0.25, 0.3) is 0 Å². The Bertz CT molecular complexity index is 385. The molecule has 0 atom stereocenters. The SMILES string of the molecule is CC(C)(C)CCCCCCCCCCCCCCCCCc1cccs1. The van der Waals surface area contributed by atoms with E-state index in [-0.39, 0.29) is 0 Å². The summed E-state index contributed by atoms with van der Waals surface area (Å²) < 4.78 is 0. The van der Waals surface area contributed by atoms with Crippen LogP contribution in [0.4, 0.5) is 0 Å². The number of unbranched alkanes of at least 4 members (excludes halogenated alkanes) is 14. The van der Waals surface area contributed by atoms with Crippen molar-refractivity contribution in [2.45, 2.75) is 130 Å². The summed E-state index contributed by atoms with van der Waals surface area (Å²) >= 11 is 1.91. The molecule has 0 aliphatic rings. The molecule has 0 unspecified atom stereocenters. The lowest BCUT2D eigenvalue weighted by molar-refractivity contribution is 0.356. The fourth-order valence-corrected chi connectivity index (χ4v) is 4.46. The summed E-state index contributed by atoms with van der Waals surface area (Å²) in [5.74, 6) is 0. The summed E-state index contributed by atoms with van der Waals surface area (Å²) in [6.45, 7) is 7.08. The van der Waals surface area contributed by atoms with Crippen molar-refractivity contribution in [3.05, 3.63) is 22.4 Å². The van der Waals surface area contributed by atoms with E-state index in [4.69, 9.17) is 0 Å². The van der Waals surface area contributed by atoms with Gasteiger partial charge in [-0.2, -0.15) is 0 Å². The van der Waals surface area contributed by atoms with Gasteiger partial charge in [-0.1, -0.05) is 117 Å². The highest BCUT2D eigenvalue weighted by Gasteiger charge is 2.08. The van der Waals surface area contributed by atoms with Crippen molar-refractivity contribution >= 4 is 11.3 Å². The van der Waals surface area contributed by atoms with Crippen molar-refractivity contribution in [3.63, 3.8) is 0 Å². The summed E-state index contributed by atoms with van der Waals surface area (Å²) in [4.78, 5) is 1.56. The molecule has 0 fully saturated rings. The Kier molecular flexibility index (Phi) is 14.4. The monoisotopic (exact) mass is 378 g/mol. The Balaban J connectivity index is 1.68. The molecule has 1 rings (SSSR count). The largest absolute Gasteiger partial charge is 0.149 e. The van der Waals surface area contributed by atoms with Crippen molar-refractivity contribution in [1.82, 2.24) is 0 Å². The molecule has 0 N–H and O–H groups in total. The van der Waals surface area contributed by atoms with Crippen LogP contribution < -0.4 is 0 Å². The number of aryl methyl sites for hydroxylation is 1. The van der Waals surface area contributed by atoms with Crippen LogP contribution >= 0.6 is 11.3 Å². The van der Waals surface area contributed by atoms with E-state index in [1.54, 1.807) is 4.88 Å². The van der Waals surface area contributed by atoms with Crippen molar-refractivity contribution in [1.29, 1.82) is 0 Å². The van der Waals surface area contributed by atoms with Gasteiger partial charge in [-0.3, -0.25) is 0 Å². The van der Waals surface area contributed by atoms with Gasteiger partial charge in [0.25, 0.3) is 0 Å². The van der Waals surface area contributed by atoms with Crippen LogP contribution in [0.1, 0.15) is 128 Å². The molecular weight excluding hydrogens is 332 g/mol. The minimum Gasteiger partial charge on any atom is -0.149 e. The minimum atomic E-state index is 0.532. The lowest BCUT2D eigenvalue weighted by Gasteiger charge is -2.17. The molecule has 1 heteroatoms. The molecule has 0 aliphatic carbocycles. The van der Waals surface area contributed by atoms with E-state index in [9.17, 15) is 0 Å². The first kappa shape index (κ1) is 23.7. The molecule has 26 heavy (non-hydrogen) atoms. The first-order valence-corrected chi connectivity index (χ1v) is 12.5. The third-order valence-corrected chi connectivity index (χ3v) is 6.37. The van der Waals surface area contributed by atoms with Crippen LogP contribution in [0.5, 0.6) is 0 Å². The number of rotatable bonds is 17. The lowest BCUT2D eigenvalue weighted by Crippen LogP contribution is -2.03. The maximum absolute atomic E-state index is 2.36. The Morgan fingerprint density at radius 3 is 1.42 bits per heavy atom. The first-order valence-electron chi connectivity index (χ1n) is 11.6. The zero-order valence-electron chi connectivity index (χ0n) is 18.2. The molecule has 1 aromatic rings. The van der Waals surface area contributed by atoms with E-state index in [0.717, 1.165) is 0 Å².